The molecule has 0 amide bonds. The second-order valence-corrected chi connectivity index (χ2v) is 3.85. The van der Waals surface area contributed by atoms with Gasteiger partial charge in [0.05, 0.1) is 12.5 Å². The Morgan fingerprint density at radius 3 is 2.47 bits per heavy atom. The molecule has 2 rings (SSSR count). The van der Waals surface area contributed by atoms with Gasteiger partial charge in [0.15, 0.2) is 5.78 Å². The summed E-state index contributed by atoms with van der Waals surface area (Å²) in [5.74, 6) is -0.0186. The molecule has 0 bridgehead atoms. The summed E-state index contributed by atoms with van der Waals surface area (Å²) in [4.78, 5) is 16.1. The van der Waals surface area contributed by atoms with Gasteiger partial charge < -0.3 is 5.73 Å². The van der Waals surface area contributed by atoms with E-state index < -0.39 is 6.04 Å². The molecule has 1 aromatic carbocycles. The number of aromatic nitrogens is 1. The van der Waals surface area contributed by atoms with Crippen molar-refractivity contribution in [2.75, 3.05) is 0 Å². The fourth-order valence-electron chi connectivity index (χ4n) is 1.64. The molecule has 0 aliphatic carbocycles. The zero-order valence-electron chi connectivity index (χ0n) is 9.41. The van der Waals surface area contributed by atoms with E-state index in [0.29, 0.717) is 0 Å². The molecule has 1 atom stereocenters. The summed E-state index contributed by atoms with van der Waals surface area (Å²) in [7, 11) is 0. The molecule has 2 aromatic rings. The molecule has 17 heavy (non-hydrogen) atoms. The Hall–Kier alpha value is -2.00. The zero-order valence-corrected chi connectivity index (χ0v) is 9.41. The highest BCUT2D eigenvalue weighted by atomic mass is 16.1. The number of hydrogen-bond donors (Lipinski definition) is 1. The van der Waals surface area contributed by atoms with Crippen LogP contribution in [0.4, 0.5) is 0 Å². The van der Waals surface area contributed by atoms with Crippen LogP contribution in [-0.2, 0) is 11.2 Å². The minimum absolute atomic E-state index is 0.0186. The van der Waals surface area contributed by atoms with Gasteiger partial charge in [0.25, 0.3) is 0 Å². The third-order valence-corrected chi connectivity index (χ3v) is 2.59. The second kappa shape index (κ2) is 5.37. The highest BCUT2D eigenvalue weighted by Gasteiger charge is 2.15. The number of nitrogens with zero attached hydrogens (tertiary/aromatic N) is 1. The van der Waals surface area contributed by atoms with Crippen LogP contribution in [0.3, 0.4) is 0 Å². The largest absolute Gasteiger partial charge is 0.318 e. The van der Waals surface area contributed by atoms with Crippen LogP contribution in [0.5, 0.6) is 0 Å². The van der Waals surface area contributed by atoms with E-state index in [1.54, 1.807) is 6.20 Å². The Bertz CT molecular complexity index is 482. The van der Waals surface area contributed by atoms with Crippen molar-refractivity contribution in [1.29, 1.82) is 0 Å². The van der Waals surface area contributed by atoms with Crippen LogP contribution in [0.1, 0.15) is 17.3 Å². The second-order valence-electron chi connectivity index (χ2n) is 3.85. The lowest BCUT2D eigenvalue weighted by Crippen LogP contribution is -2.23. The van der Waals surface area contributed by atoms with Crippen molar-refractivity contribution in [1.82, 2.24) is 4.98 Å². The molecule has 0 aliphatic heterocycles. The van der Waals surface area contributed by atoms with E-state index in [9.17, 15) is 4.79 Å². The summed E-state index contributed by atoms with van der Waals surface area (Å²) in [5.41, 5.74) is 7.50. The molecule has 0 fully saturated rings. The fraction of sp³-hybridized carbons (Fsp3) is 0.143. The van der Waals surface area contributed by atoms with E-state index in [0.717, 1.165) is 11.3 Å². The first-order valence-electron chi connectivity index (χ1n) is 5.50. The SMILES string of the molecule is N[C@@H](C(=O)Cc1ccccn1)c1ccccc1. The topological polar surface area (TPSA) is 56.0 Å². The van der Waals surface area contributed by atoms with Gasteiger partial charge in [-0.2, -0.15) is 0 Å². The van der Waals surface area contributed by atoms with Crippen LogP contribution in [0.15, 0.2) is 54.7 Å². The van der Waals surface area contributed by atoms with E-state index in [1.165, 1.54) is 0 Å². The molecule has 0 unspecified atom stereocenters. The fourth-order valence-corrected chi connectivity index (χ4v) is 1.64. The van der Waals surface area contributed by atoms with Gasteiger partial charge in [-0.1, -0.05) is 36.4 Å². The summed E-state index contributed by atoms with van der Waals surface area (Å²) >= 11 is 0. The summed E-state index contributed by atoms with van der Waals surface area (Å²) in [6, 6.07) is 14.3. The van der Waals surface area contributed by atoms with E-state index >= 15 is 0 Å². The maximum atomic E-state index is 11.9. The maximum Gasteiger partial charge on any atom is 0.159 e. The van der Waals surface area contributed by atoms with Crippen molar-refractivity contribution in [3.63, 3.8) is 0 Å². The van der Waals surface area contributed by atoms with E-state index in [4.69, 9.17) is 5.73 Å². The maximum absolute atomic E-state index is 11.9. The number of Topliss-reactive ketones (excluding diaryl/α,β-unsaturated/α-hetero) is 1. The van der Waals surface area contributed by atoms with Gasteiger partial charge in [-0.3, -0.25) is 9.78 Å². The Balaban J connectivity index is 2.06. The lowest BCUT2D eigenvalue weighted by atomic mass is 10.0. The number of carbonyl (C=O) groups is 1. The monoisotopic (exact) mass is 226 g/mol. The molecule has 1 aromatic heterocycles. The van der Waals surface area contributed by atoms with E-state index in [2.05, 4.69) is 4.98 Å². The van der Waals surface area contributed by atoms with E-state index in [1.807, 2.05) is 48.5 Å². The summed E-state index contributed by atoms with van der Waals surface area (Å²) in [6.45, 7) is 0. The molecule has 0 saturated heterocycles. The van der Waals surface area contributed by atoms with Gasteiger partial charge in [-0.05, 0) is 17.7 Å². The van der Waals surface area contributed by atoms with E-state index in [-0.39, 0.29) is 12.2 Å². The Morgan fingerprint density at radius 2 is 1.82 bits per heavy atom. The van der Waals surface area contributed by atoms with Gasteiger partial charge >= 0.3 is 0 Å². The minimum atomic E-state index is -0.571. The van der Waals surface area contributed by atoms with Crippen molar-refractivity contribution in [2.45, 2.75) is 12.5 Å². The number of carbonyl (C=O) groups excluding carboxylic acids is 1. The van der Waals surface area contributed by atoms with Gasteiger partial charge in [0.2, 0.25) is 0 Å². The zero-order chi connectivity index (χ0) is 12.1. The number of benzene rings is 1. The van der Waals surface area contributed by atoms with Gasteiger partial charge in [-0.25, -0.2) is 0 Å². The molecule has 2 N–H and O–H groups in total. The van der Waals surface area contributed by atoms with Crippen molar-refractivity contribution in [3.8, 4) is 0 Å². The molecule has 0 saturated carbocycles. The predicted octanol–water partition coefficient (Wildman–Crippen LogP) is 1.89. The lowest BCUT2D eigenvalue weighted by molar-refractivity contribution is -0.119. The predicted molar refractivity (Wildman–Crippen MR) is 66.3 cm³/mol. The van der Waals surface area contributed by atoms with Crippen LogP contribution in [0, 0.1) is 0 Å². The Morgan fingerprint density at radius 1 is 1.12 bits per heavy atom. The lowest BCUT2D eigenvalue weighted by Gasteiger charge is -2.10. The molecule has 86 valence electrons. The van der Waals surface area contributed by atoms with Crippen LogP contribution in [0.25, 0.3) is 0 Å². The van der Waals surface area contributed by atoms with Crippen LogP contribution in [-0.4, -0.2) is 10.8 Å². The molecule has 0 radical (unpaired) electrons. The van der Waals surface area contributed by atoms with Crippen molar-refractivity contribution < 1.29 is 4.79 Å². The number of rotatable bonds is 4. The van der Waals surface area contributed by atoms with Crippen molar-refractivity contribution >= 4 is 5.78 Å². The highest BCUT2D eigenvalue weighted by molar-refractivity contribution is 5.86. The molecular formula is C14H14N2O. The summed E-state index contributed by atoms with van der Waals surface area (Å²) in [6.07, 6.45) is 1.95. The average molecular weight is 226 g/mol. The van der Waals surface area contributed by atoms with Crippen molar-refractivity contribution in [2.24, 2.45) is 5.73 Å². The molecule has 1 heterocycles. The molecule has 0 spiro atoms. The van der Waals surface area contributed by atoms with Gasteiger partial charge in [0, 0.05) is 11.9 Å². The van der Waals surface area contributed by atoms with Crippen LogP contribution < -0.4 is 5.73 Å². The molecule has 0 aliphatic rings. The van der Waals surface area contributed by atoms with Crippen LogP contribution in [0.2, 0.25) is 0 Å². The number of pyridine rings is 1. The third-order valence-electron chi connectivity index (χ3n) is 2.59. The quantitative estimate of drug-likeness (QED) is 0.866. The smallest absolute Gasteiger partial charge is 0.159 e. The summed E-state index contributed by atoms with van der Waals surface area (Å²) < 4.78 is 0. The van der Waals surface area contributed by atoms with Gasteiger partial charge in [-0.15, -0.1) is 0 Å². The van der Waals surface area contributed by atoms with Crippen molar-refractivity contribution in [3.05, 3.63) is 66.0 Å². The number of ketones is 1. The molecule has 3 heteroatoms. The van der Waals surface area contributed by atoms with Crippen LogP contribution >= 0.6 is 0 Å². The van der Waals surface area contributed by atoms with Gasteiger partial charge in [0.1, 0.15) is 0 Å². The molecule has 3 nitrogen and oxygen atoms in total. The first-order chi connectivity index (χ1) is 8.27. The third kappa shape index (κ3) is 2.98. The highest BCUT2D eigenvalue weighted by Crippen LogP contribution is 2.12. The first-order valence-corrected chi connectivity index (χ1v) is 5.50. The minimum Gasteiger partial charge on any atom is -0.318 e. The first kappa shape index (κ1) is 11.5. The standard InChI is InChI=1S/C14H14N2O/c15-14(11-6-2-1-3-7-11)13(17)10-12-8-4-5-9-16-12/h1-9,14H,10,15H2/t14-/m1/s1. The number of nitrogens with two attached hydrogens (primary N) is 1. The Kier molecular flexibility index (Phi) is 3.62. The number of hydrogen-bond acceptors (Lipinski definition) is 3. The Labute approximate surface area is 100 Å². The molecular weight excluding hydrogens is 212 g/mol. The normalized spacial score (nSPS) is 12.1. The summed E-state index contributed by atoms with van der Waals surface area (Å²) in [5, 5.41) is 0. The average Bonchev–Trinajstić information content (AvgIpc) is 2.40.